The quantitative estimate of drug-likeness (QED) is 0.540. The minimum atomic E-state index is -1.49. The maximum absolute atomic E-state index is 9.95. The molecule has 0 aliphatic heterocycles. The molecule has 0 aliphatic carbocycles. The van der Waals surface area contributed by atoms with Gasteiger partial charge in [-0.2, -0.15) is 0 Å². The van der Waals surface area contributed by atoms with Gasteiger partial charge in [-0.05, 0) is 24.0 Å². The normalized spacial score (nSPS) is 14.8. The van der Waals surface area contributed by atoms with Gasteiger partial charge in [-0.25, -0.2) is 0 Å². The monoisotopic (exact) mass is 244 g/mol. The molecule has 0 amide bonds. The van der Waals surface area contributed by atoms with E-state index in [1.54, 1.807) is 0 Å². The van der Waals surface area contributed by atoms with E-state index in [1.807, 2.05) is 27.7 Å². The van der Waals surface area contributed by atoms with E-state index in [2.05, 4.69) is 0 Å². The van der Waals surface area contributed by atoms with Crippen LogP contribution in [-0.2, 0) is 0 Å². The second-order valence-corrected chi connectivity index (χ2v) is 4.99. The van der Waals surface area contributed by atoms with Gasteiger partial charge in [0.2, 0.25) is 0 Å². The van der Waals surface area contributed by atoms with Crippen molar-refractivity contribution in [1.82, 2.24) is 0 Å². The molecule has 100 valence electrons. The highest BCUT2D eigenvalue weighted by Gasteiger charge is 2.38. The van der Waals surface area contributed by atoms with Crippen LogP contribution in [0.2, 0.25) is 0 Å². The second kappa shape index (κ2) is 6.67. The zero-order valence-electron chi connectivity index (χ0n) is 11.0. The minimum Gasteiger partial charge on any atom is -0.511 e. The molecule has 0 radical (unpaired) electrons. The van der Waals surface area contributed by atoms with Gasteiger partial charge in [0.15, 0.2) is 0 Å². The summed E-state index contributed by atoms with van der Waals surface area (Å²) >= 11 is 0. The van der Waals surface area contributed by atoms with Crippen molar-refractivity contribution in [2.45, 2.75) is 27.7 Å². The summed E-state index contributed by atoms with van der Waals surface area (Å²) in [4.78, 5) is 0. The number of aliphatic hydroxyl groups is 4. The van der Waals surface area contributed by atoms with E-state index in [9.17, 15) is 20.4 Å². The van der Waals surface area contributed by atoms with Crippen LogP contribution >= 0.6 is 0 Å². The third-order valence-electron chi connectivity index (χ3n) is 2.50. The summed E-state index contributed by atoms with van der Waals surface area (Å²) in [7, 11) is 0. The summed E-state index contributed by atoms with van der Waals surface area (Å²) in [5.74, 6) is -0.294. The first kappa shape index (κ1) is 16.0. The fraction of sp³-hybridized carbons (Fsp3) is 0.692. The minimum absolute atomic E-state index is 0.0549. The standard InChI is InChI=1S/C13H24O4/c1-9(2)5-11(16)13(7-14,8-15)12(17)6-10(3)4/h5-6,9-10,14-17H,7-8H2,1-4H3. The molecule has 0 saturated heterocycles. The van der Waals surface area contributed by atoms with Crippen LogP contribution in [0, 0.1) is 17.3 Å². The summed E-state index contributed by atoms with van der Waals surface area (Å²) in [5.41, 5.74) is -1.49. The lowest BCUT2D eigenvalue weighted by Gasteiger charge is -2.29. The molecule has 0 unspecified atom stereocenters. The van der Waals surface area contributed by atoms with Gasteiger partial charge in [-0.15, -0.1) is 0 Å². The van der Waals surface area contributed by atoms with Gasteiger partial charge in [-0.3, -0.25) is 0 Å². The van der Waals surface area contributed by atoms with Crippen LogP contribution in [0.25, 0.3) is 0 Å². The van der Waals surface area contributed by atoms with Crippen molar-refractivity contribution in [2.75, 3.05) is 13.2 Å². The molecule has 0 aromatic rings. The summed E-state index contributed by atoms with van der Waals surface area (Å²) < 4.78 is 0. The first-order valence-corrected chi connectivity index (χ1v) is 5.84. The SMILES string of the molecule is CC(C)C=C(O)C(CO)(CO)C(O)=CC(C)C. The maximum Gasteiger partial charge on any atom is 0.129 e. The van der Waals surface area contributed by atoms with Gasteiger partial charge in [-0.1, -0.05) is 27.7 Å². The number of allylic oxidation sites excluding steroid dienone is 2. The Morgan fingerprint density at radius 2 is 1.18 bits per heavy atom. The fourth-order valence-corrected chi connectivity index (χ4v) is 1.46. The number of hydrogen-bond donors (Lipinski definition) is 4. The highest BCUT2D eigenvalue weighted by Crippen LogP contribution is 2.33. The van der Waals surface area contributed by atoms with E-state index in [1.165, 1.54) is 12.2 Å². The average Bonchev–Trinajstić information content (AvgIpc) is 2.17. The van der Waals surface area contributed by atoms with E-state index in [-0.39, 0.29) is 23.4 Å². The molecule has 0 saturated carbocycles. The number of aliphatic hydroxyl groups excluding tert-OH is 4. The Kier molecular flexibility index (Phi) is 6.27. The lowest BCUT2D eigenvalue weighted by atomic mass is 9.83. The molecular formula is C13H24O4. The molecule has 0 rings (SSSR count). The van der Waals surface area contributed by atoms with E-state index < -0.39 is 18.6 Å². The number of rotatable bonds is 6. The van der Waals surface area contributed by atoms with Gasteiger partial charge in [0, 0.05) is 0 Å². The number of hydrogen-bond acceptors (Lipinski definition) is 4. The second-order valence-electron chi connectivity index (χ2n) is 4.99. The van der Waals surface area contributed by atoms with Gasteiger partial charge in [0.05, 0.1) is 13.2 Å². The molecule has 0 heterocycles. The summed E-state index contributed by atoms with van der Waals surface area (Å²) in [6, 6.07) is 0. The van der Waals surface area contributed by atoms with Crippen LogP contribution in [0.5, 0.6) is 0 Å². The van der Waals surface area contributed by atoms with Crippen molar-refractivity contribution in [3.05, 3.63) is 23.7 Å². The Morgan fingerprint density at radius 1 is 0.882 bits per heavy atom. The first-order chi connectivity index (χ1) is 7.80. The molecular weight excluding hydrogens is 220 g/mol. The van der Waals surface area contributed by atoms with Crippen molar-refractivity contribution in [3.8, 4) is 0 Å². The lowest BCUT2D eigenvalue weighted by Crippen LogP contribution is -2.35. The largest absolute Gasteiger partial charge is 0.511 e. The summed E-state index contributed by atoms with van der Waals surface area (Å²) in [6.07, 6.45) is 3.02. The Hall–Kier alpha value is -1.00. The topological polar surface area (TPSA) is 80.9 Å². The smallest absolute Gasteiger partial charge is 0.129 e. The summed E-state index contributed by atoms with van der Waals surface area (Å²) in [6.45, 7) is 6.34. The molecule has 0 atom stereocenters. The molecule has 0 bridgehead atoms. The van der Waals surface area contributed by atoms with Crippen LogP contribution in [0.1, 0.15) is 27.7 Å². The van der Waals surface area contributed by atoms with E-state index >= 15 is 0 Å². The van der Waals surface area contributed by atoms with E-state index in [4.69, 9.17) is 0 Å². The van der Waals surface area contributed by atoms with Gasteiger partial charge >= 0.3 is 0 Å². The third-order valence-corrected chi connectivity index (χ3v) is 2.50. The molecule has 4 N–H and O–H groups in total. The van der Waals surface area contributed by atoms with E-state index in [0.717, 1.165) is 0 Å². The predicted molar refractivity (Wildman–Crippen MR) is 67.7 cm³/mol. The molecule has 4 nitrogen and oxygen atoms in total. The summed E-state index contributed by atoms with van der Waals surface area (Å²) in [5, 5.41) is 38.7. The Bertz CT molecular complexity index is 260. The van der Waals surface area contributed by atoms with Crippen molar-refractivity contribution in [2.24, 2.45) is 17.3 Å². The lowest BCUT2D eigenvalue weighted by molar-refractivity contribution is 0.0439. The van der Waals surface area contributed by atoms with Crippen molar-refractivity contribution >= 4 is 0 Å². The van der Waals surface area contributed by atoms with Crippen LogP contribution in [-0.4, -0.2) is 33.6 Å². The van der Waals surface area contributed by atoms with E-state index in [0.29, 0.717) is 0 Å². The molecule has 0 spiro atoms. The predicted octanol–water partition coefficient (Wildman–Crippen LogP) is 2.15. The van der Waals surface area contributed by atoms with Crippen molar-refractivity contribution in [1.29, 1.82) is 0 Å². The average molecular weight is 244 g/mol. The van der Waals surface area contributed by atoms with Crippen molar-refractivity contribution < 1.29 is 20.4 Å². The molecule has 0 aliphatic rings. The molecule has 17 heavy (non-hydrogen) atoms. The molecule has 0 aromatic heterocycles. The highest BCUT2D eigenvalue weighted by atomic mass is 16.3. The molecule has 0 aromatic carbocycles. The fourth-order valence-electron chi connectivity index (χ4n) is 1.46. The van der Waals surface area contributed by atoms with Crippen LogP contribution in [0.3, 0.4) is 0 Å². The van der Waals surface area contributed by atoms with Crippen LogP contribution < -0.4 is 0 Å². The van der Waals surface area contributed by atoms with Gasteiger partial charge < -0.3 is 20.4 Å². The van der Waals surface area contributed by atoms with Crippen molar-refractivity contribution in [3.63, 3.8) is 0 Å². The first-order valence-electron chi connectivity index (χ1n) is 5.84. The zero-order valence-corrected chi connectivity index (χ0v) is 11.0. The van der Waals surface area contributed by atoms with Gasteiger partial charge in [0.25, 0.3) is 0 Å². The Balaban J connectivity index is 5.44. The highest BCUT2D eigenvalue weighted by molar-refractivity contribution is 5.22. The van der Waals surface area contributed by atoms with Crippen LogP contribution in [0.4, 0.5) is 0 Å². The van der Waals surface area contributed by atoms with Gasteiger partial charge in [0.1, 0.15) is 16.9 Å². The molecule has 0 fully saturated rings. The zero-order chi connectivity index (χ0) is 13.6. The Morgan fingerprint density at radius 3 is 1.35 bits per heavy atom. The van der Waals surface area contributed by atoms with Crippen LogP contribution in [0.15, 0.2) is 23.7 Å². The third kappa shape index (κ3) is 4.06. The molecule has 4 heteroatoms. The maximum atomic E-state index is 9.95. The Labute approximate surface area is 103 Å².